The molecule has 0 amide bonds. The SMILES string of the molecule is COCCN(c1cc(C)c(F)cc1C(C)O)C1CC1. The molecule has 3 nitrogen and oxygen atoms in total. The molecule has 0 radical (unpaired) electrons. The van der Waals surface area contributed by atoms with Crippen LogP contribution in [-0.4, -0.2) is 31.4 Å². The number of anilines is 1. The molecule has 4 heteroatoms. The molecular formula is C15H22FNO2. The van der Waals surface area contributed by atoms with E-state index in [9.17, 15) is 9.50 Å². The van der Waals surface area contributed by atoms with Crippen LogP contribution in [0.2, 0.25) is 0 Å². The number of methoxy groups -OCH3 is 1. The van der Waals surface area contributed by atoms with Crippen LogP contribution in [0.15, 0.2) is 12.1 Å². The molecule has 106 valence electrons. The van der Waals surface area contributed by atoms with Gasteiger partial charge in [-0.05, 0) is 44.4 Å². The first-order valence-electron chi connectivity index (χ1n) is 6.78. The Morgan fingerprint density at radius 1 is 1.47 bits per heavy atom. The maximum Gasteiger partial charge on any atom is 0.126 e. The third-order valence-corrected chi connectivity index (χ3v) is 3.59. The number of aliphatic hydroxyl groups is 1. The fourth-order valence-corrected chi connectivity index (χ4v) is 2.34. The normalized spacial score (nSPS) is 16.5. The van der Waals surface area contributed by atoms with E-state index in [0.29, 0.717) is 23.8 Å². The zero-order valence-electron chi connectivity index (χ0n) is 11.8. The molecule has 0 aromatic heterocycles. The monoisotopic (exact) mass is 267 g/mol. The van der Waals surface area contributed by atoms with Crippen molar-refractivity contribution in [2.75, 3.05) is 25.2 Å². The maximum absolute atomic E-state index is 13.7. The number of hydrogen-bond donors (Lipinski definition) is 1. The van der Waals surface area contributed by atoms with Crippen molar-refractivity contribution in [1.29, 1.82) is 0 Å². The zero-order chi connectivity index (χ0) is 14.0. The molecule has 0 bridgehead atoms. The van der Waals surface area contributed by atoms with Gasteiger partial charge in [-0.3, -0.25) is 0 Å². The Morgan fingerprint density at radius 2 is 2.16 bits per heavy atom. The number of halogens is 1. The van der Waals surface area contributed by atoms with Gasteiger partial charge < -0.3 is 14.7 Å². The number of rotatable bonds is 6. The molecule has 1 aliphatic rings. The van der Waals surface area contributed by atoms with Crippen molar-refractivity contribution >= 4 is 5.69 Å². The number of ether oxygens (including phenoxy) is 1. The fraction of sp³-hybridized carbons (Fsp3) is 0.600. The first kappa shape index (κ1) is 14.3. The predicted molar refractivity (Wildman–Crippen MR) is 74.0 cm³/mol. The van der Waals surface area contributed by atoms with Gasteiger partial charge in [0.2, 0.25) is 0 Å². The Morgan fingerprint density at radius 3 is 2.68 bits per heavy atom. The minimum absolute atomic E-state index is 0.262. The molecule has 1 atom stereocenters. The van der Waals surface area contributed by atoms with Crippen LogP contribution in [0.3, 0.4) is 0 Å². The quantitative estimate of drug-likeness (QED) is 0.860. The van der Waals surface area contributed by atoms with Crippen LogP contribution < -0.4 is 4.90 Å². The van der Waals surface area contributed by atoms with Crippen molar-refractivity contribution in [3.63, 3.8) is 0 Å². The van der Waals surface area contributed by atoms with Gasteiger partial charge in [0.1, 0.15) is 5.82 Å². The minimum Gasteiger partial charge on any atom is -0.389 e. The highest BCUT2D eigenvalue weighted by molar-refractivity contribution is 5.58. The van der Waals surface area contributed by atoms with E-state index in [0.717, 1.165) is 25.1 Å². The highest BCUT2D eigenvalue weighted by Gasteiger charge is 2.31. The molecule has 2 rings (SSSR count). The van der Waals surface area contributed by atoms with E-state index < -0.39 is 6.10 Å². The first-order valence-corrected chi connectivity index (χ1v) is 6.78. The average molecular weight is 267 g/mol. The Bertz CT molecular complexity index is 444. The van der Waals surface area contributed by atoms with E-state index in [-0.39, 0.29) is 5.82 Å². The Kier molecular flexibility index (Phi) is 4.42. The van der Waals surface area contributed by atoms with Crippen LogP contribution in [0, 0.1) is 12.7 Å². The summed E-state index contributed by atoms with van der Waals surface area (Å²) in [6, 6.07) is 3.79. The van der Waals surface area contributed by atoms with Gasteiger partial charge in [0.05, 0.1) is 12.7 Å². The van der Waals surface area contributed by atoms with E-state index in [1.54, 1.807) is 21.0 Å². The van der Waals surface area contributed by atoms with E-state index in [2.05, 4.69) is 4.90 Å². The fourth-order valence-electron chi connectivity index (χ4n) is 2.34. The van der Waals surface area contributed by atoms with Gasteiger partial charge >= 0.3 is 0 Å². The largest absolute Gasteiger partial charge is 0.389 e. The summed E-state index contributed by atoms with van der Waals surface area (Å²) in [5, 5.41) is 9.87. The number of aliphatic hydroxyl groups excluding tert-OH is 1. The van der Waals surface area contributed by atoms with Crippen molar-refractivity contribution < 1.29 is 14.2 Å². The second-order valence-corrected chi connectivity index (χ2v) is 5.25. The Hall–Kier alpha value is -1.13. The summed E-state index contributed by atoms with van der Waals surface area (Å²) in [5.74, 6) is -0.262. The van der Waals surface area contributed by atoms with Crippen molar-refractivity contribution in [2.45, 2.75) is 38.8 Å². The van der Waals surface area contributed by atoms with Crippen LogP contribution in [0.5, 0.6) is 0 Å². The van der Waals surface area contributed by atoms with E-state index in [1.807, 2.05) is 6.07 Å². The molecule has 19 heavy (non-hydrogen) atoms. The maximum atomic E-state index is 13.7. The minimum atomic E-state index is -0.672. The lowest BCUT2D eigenvalue weighted by atomic mass is 10.0. The third kappa shape index (κ3) is 3.25. The molecule has 1 aromatic carbocycles. The summed E-state index contributed by atoms with van der Waals surface area (Å²) in [6.45, 7) is 4.83. The molecular weight excluding hydrogens is 245 g/mol. The molecule has 0 aliphatic heterocycles. The lowest BCUT2D eigenvalue weighted by Gasteiger charge is -2.28. The highest BCUT2D eigenvalue weighted by atomic mass is 19.1. The molecule has 1 saturated carbocycles. The summed E-state index contributed by atoms with van der Waals surface area (Å²) < 4.78 is 18.8. The van der Waals surface area contributed by atoms with Crippen molar-refractivity contribution in [1.82, 2.24) is 0 Å². The van der Waals surface area contributed by atoms with Gasteiger partial charge in [0.25, 0.3) is 0 Å². The summed E-state index contributed by atoms with van der Waals surface area (Å²) in [7, 11) is 1.68. The molecule has 0 heterocycles. The van der Waals surface area contributed by atoms with Gasteiger partial charge in [-0.15, -0.1) is 0 Å². The average Bonchev–Trinajstić information content (AvgIpc) is 3.17. The first-order chi connectivity index (χ1) is 9.04. The van der Waals surface area contributed by atoms with Crippen LogP contribution >= 0.6 is 0 Å². The van der Waals surface area contributed by atoms with Crippen molar-refractivity contribution in [3.05, 3.63) is 29.1 Å². The lowest BCUT2D eigenvalue weighted by Crippen LogP contribution is -2.30. The summed E-state index contributed by atoms with van der Waals surface area (Å²) in [6.07, 6.45) is 1.63. The Balaban J connectivity index is 2.36. The number of benzene rings is 1. The van der Waals surface area contributed by atoms with Gasteiger partial charge in [-0.1, -0.05) is 0 Å². The summed E-state index contributed by atoms with van der Waals surface area (Å²) in [5.41, 5.74) is 2.21. The number of hydrogen-bond acceptors (Lipinski definition) is 3. The van der Waals surface area contributed by atoms with Gasteiger partial charge in [-0.2, -0.15) is 0 Å². The molecule has 1 aliphatic carbocycles. The molecule has 0 saturated heterocycles. The second-order valence-electron chi connectivity index (χ2n) is 5.25. The second kappa shape index (κ2) is 5.88. The molecule has 1 N–H and O–H groups in total. The molecule has 0 spiro atoms. The van der Waals surface area contributed by atoms with Crippen LogP contribution in [0.25, 0.3) is 0 Å². The summed E-state index contributed by atoms with van der Waals surface area (Å²) in [4.78, 5) is 2.23. The molecule has 1 fully saturated rings. The number of nitrogens with zero attached hydrogens (tertiary/aromatic N) is 1. The van der Waals surface area contributed by atoms with Gasteiger partial charge in [-0.25, -0.2) is 4.39 Å². The van der Waals surface area contributed by atoms with Crippen molar-refractivity contribution in [2.24, 2.45) is 0 Å². The van der Waals surface area contributed by atoms with E-state index in [4.69, 9.17) is 4.74 Å². The van der Waals surface area contributed by atoms with Crippen LogP contribution in [0.1, 0.15) is 37.0 Å². The van der Waals surface area contributed by atoms with Crippen LogP contribution in [0.4, 0.5) is 10.1 Å². The standard InChI is InChI=1S/C15H22FNO2/c1-10-8-15(13(11(2)18)9-14(10)16)17(6-7-19-3)12-4-5-12/h8-9,11-12,18H,4-7H2,1-3H3. The zero-order valence-corrected chi connectivity index (χ0v) is 11.8. The van der Waals surface area contributed by atoms with E-state index >= 15 is 0 Å². The Labute approximate surface area is 114 Å². The highest BCUT2D eigenvalue weighted by Crippen LogP contribution is 2.36. The van der Waals surface area contributed by atoms with Gasteiger partial charge in [0.15, 0.2) is 0 Å². The number of aryl methyl sites for hydroxylation is 1. The lowest BCUT2D eigenvalue weighted by molar-refractivity contribution is 0.196. The van der Waals surface area contributed by atoms with Crippen molar-refractivity contribution in [3.8, 4) is 0 Å². The van der Waals surface area contributed by atoms with Gasteiger partial charge in [0, 0.05) is 30.9 Å². The molecule has 1 unspecified atom stereocenters. The van der Waals surface area contributed by atoms with Crippen LogP contribution in [-0.2, 0) is 4.74 Å². The molecule has 1 aromatic rings. The van der Waals surface area contributed by atoms with E-state index in [1.165, 1.54) is 6.07 Å². The summed E-state index contributed by atoms with van der Waals surface area (Å²) >= 11 is 0. The smallest absolute Gasteiger partial charge is 0.126 e. The third-order valence-electron chi connectivity index (χ3n) is 3.59. The topological polar surface area (TPSA) is 32.7 Å². The predicted octanol–water partition coefficient (Wildman–Crippen LogP) is 2.80.